The van der Waals surface area contributed by atoms with Gasteiger partial charge in [-0.25, -0.2) is 4.39 Å². The van der Waals surface area contributed by atoms with Crippen LogP contribution >= 0.6 is 0 Å². The molecule has 2 aromatic carbocycles. The van der Waals surface area contributed by atoms with Gasteiger partial charge in [-0.2, -0.15) is 0 Å². The Morgan fingerprint density at radius 2 is 1.57 bits per heavy atom. The number of halogens is 1. The second kappa shape index (κ2) is 6.88. The van der Waals surface area contributed by atoms with Gasteiger partial charge in [-0.05, 0) is 55.8 Å². The number of carbonyl (C=O) groups is 1. The van der Waals surface area contributed by atoms with Gasteiger partial charge in [-0.15, -0.1) is 0 Å². The van der Waals surface area contributed by atoms with Crippen molar-refractivity contribution in [2.45, 2.75) is 19.8 Å². The maximum atomic E-state index is 12.8. The molecule has 110 valence electrons. The molecule has 21 heavy (non-hydrogen) atoms. The Bertz CT molecular complexity index is 590. The number of hydrogen-bond donors (Lipinski definition) is 0. The standard InChI is InChI=1S/C17H17FO3/c1-3-20-17(19)12(2)13-4-8-15(9-5-13)21-16-10-6-14(18)7-11-16/h4-12H,3H2,1-2H3. The summed E-state index contributed by atoms with van der Waals surface area (Å²) in [5.74, 6) is 0.319. The molecule has 2 aromatic rings. The summed E-state index contributed by atoms with van der Waals surface area (Å²) in [4.78, 5) is 11.7. The molecular weight excluding hydrogens is 271 g/mol. The number of carbonyl (C=O) groups excluding carboxylic acids is 1. The molecule has 3 nitrogen and oxygen atoms in total. The number of hydrogen-bond acceptors (Lipinski definition) is 3. The highest BCUT2D eigenvalue weighted by atomic mass is 19.1. The summed E-state index contributed by atoms with van der Waals surface area (Å²) < 4.78 is 23.4. The summed E-state index contributed by atoms with van der Waals surface area (Å²) in [6.45, 7) is 3.95. The molecule has 2 rings (SSSR count). The molecule has 0 aliphatic carbocycles. The van der Waals surface area contributed by atoms with Crippen molar-refractivity contribution >= 4 is 5.97 Å². The van der Waals surface area contributed by atoms with Crippen LogP contribution in [-0.4, -0.2) is 12.6 Å². The third-order valence-corrected chi connectivity index (χ3v) is 3.07. The Morgan fingerprint density at radius 3 is 2.10 bits per heavy atom. The summed E-state index contributed by atoms with van der Waals surface area (Å²) >= 11 is 0. The molecule has 4 heteroatoms. The molecule has 0 bridgehead atoms. The number of rotatable bonds is 5. The normalized spacial score (nSPS) is 11.8. The Balaban J connectivity index is 2.05. The van der Waals surface area contributed by atoms with Crippen molar-refractivity contribution in [3.8, 4) is 11.5 Å². The van der Waals surface area contributed by atoms with E-state index in [1.54, 1.807) is 38.1 Å². The van der Waals surface area contributed by atoms with Crippen molar-refractivity contribution in [2.75, 3.05) is 6.61 Å². The van der Waals surface area contributed by atoms with E-state index in [1.807, 2.05) is 12.1 Å². The topological polar surface area (TPSA) is 35.5 Å². The van der Waals surface area contributed by atoms with Crippen LogP contribution < -0.4 is 4.74 Å². The van der Waals surface area contributed by atoms with Crippen molar-refractivity contribution in [3.05, 3.63) is 59.9 Å². The molecular formula is C17H17FO3. The van der Waals surface area contributed by atoms with Crippen LogP contribution in [0.4, 0.5) is 4.39 Å². The fourth-order valence-corrected chi connectivity index (χ4v) is 1.87. The van der Waals surface area contributed by atoms with E-state index in [0.717, 1.165) is 5.56 Å². The van der Waals surface area contributed by atoms with Crippen LogP contribution in [0, 0.1) is 5.82 Å². The molecule has 0 amide bonds. The van der Waals surface area contributed by atoms with E-state index in [1.165, 1.54) is 12.1 Å². The van der Waals surface area contributed by atoms with Crippen LogP contribution in [0.25, 0.3) is 0 Å². The zero-order valence-electron chi connectivity index (χ0n) is 12.0. The van der Waals surface area contributed by atoms with Gasteiger partial charge in [0.2, 0.25) is 0 Å². The molecule has 0 saturated heterocycles. The van der Waals surface area contributed by atoms with Gasteiger partial charge in [0.05, 0.1) is 12.5 Å². The lowest BCUT2D eigenvalue weighted by atomic mass is 10.0. The molecule has 0 N–H and O–H groups in total. The van der Waals surface area contributed by atoms with Gasteiger partial charge in [0.1, 0.15) is 17.3 Å². The minimum Gasteiger partial charge on any atom is -0.466 e. The summed E-state index contributed by atoms with van der Waals surface area (Å²) in [6.07, 6.45) is 0. The minimum absolute atomic E-state index is 0.246. The number of ether oxygens (including phenoxy) is 2. The van der Waals surface area contributed by atoms with E-state index in [-0.39, 0.29) is 17.7 Å². The van der Waals surface area contributed by atoms with E-state index in [0.29, 0.717) is 18.1 Å². The molecule has 0 aromatic heterocycles. The van der Waals surface area contributed by atoms with Gasteiger partial charge in [-0.3, -0.25) is 4.79 Å². The van der Waals surface area contributed by atoms with Crippen LogP contribution in [0.3, 0.4) is 0 Å². The largest absolute Gasteiger partial charge is 0.466 e. The predicted molar refractivity (Wildman–Crippen MR) is 78.0 cm³/mol. The number of esters is 1. The minimum atomic E-state index is -0.315. The Labute approximate surface area is 123 Å². The Kier molecular flexibility index (Phi) is 4.93. The molecule has 0 heterocycles. The molecule has 0 radical (unpaired) electrons. The highest BCUT2D eigenvalue weighted by Gasteiger charge is 2.16. The highest BCUT2D eigenvalue weighted by molar-refractivity contribution is 5.77. The first kappa shape index (κ1) is 15.0. The average Bonchev–Trinajstić information content (AvgIpc) is 2.50. The third-order valence-electron chi connectivity index (χ3n) is 3.07. The van der Waals surface area contributed by atoms with E-state index in [9.17, 15) is 9.18 Å². The second-order valence-electron chi connectivity index (χ2n) is 4.60. The fourth-order valence-electron chi connectivity index (χ4n) is 1.87. The fraction of sp³-hybridized carbons (Fsp3) is 0.235. The van der Waals surface area contributed by atoms with E-state index in [4.69, 9.17) is 9.47 Å². The van der Waals surface area contributed by atoms with Gasteiger partial charge in [-0.1, -0.05) is 12.1 Å². The summed E-state index contributed by atoms with van der Waals surface area (Å²) in [6, 6.07) is 13.0. The van der Waals surface area contributed by atoms with Crippen molar-refractivity contribution in [3.63, 3.8) is 0 Å². The van der Waals surface area contributed by atoms with Gasteiger partial charge in [0.25, 0.3) is 0 Å². The van der Waals surface area contributed by atoms with Crippen LogP contribution in [0.1, 0.15) is 25.3 Å². The molecule has 0 fully saturated rings. The molecule has 1 unspecified atom stereocenters. The summed E-state index contributed by atoms with van der Waals surface area (Å²) in [7, 11) is 0. The first-order valence-corrected chi connectivity index (χ1v) is 6.80. The highest BCUT2D eigenvalue weighted by Crippen LogP contribution is 2.24. The van der Waals surface area contributed by atoms with Crippen molar-refractivity contribution in [1.82, 2.24) is 0 Å². The quantitative estimate of drug-likeness (QED) is 0.770. The maximum absolute atomic E-state index is 12.8. The third kappa shape index (κ3) is 4.05. The van der Waals surface area contributed by atoms with Gasteiger partial charge >= 0.3 is 5.97 Å². The molecule has 0 aliphatic heterocycles. The predicted octanol–water partition coefficient (Wildman–Crippen LogP) is 4.28. The zero-order chi connectivity index (χ0) is 15.2. The molecule has 0 saturated carbocycles. The second-order valence-corrected chi connectivity index (χ2v) is 4.60. The van der Waals surface area contributed by atoms with Crippen molar-refractivity contribution in [2.24, 2.45) is 0 Å². The Morgan fingerprint density at radius 1 is 1.05 bits per heavy atom. The molecule has 1 atom stereocenters. The van der Waals surface area contributed by atoms with Gasteiger partial charge < -0.3 is 9.47 Å². The lowest BCUT2D eigenvalue weighted by Gasteiger charge is -2.11. The van der Waals surface area contributed by atoms with Crippen molar-refractivity contribution in [1.29, 1.82) is 0 Å². The van der Waals surface area contributed by atoms with Gasteiger partial charge in [0.15, 0.2) is 0 Å². The zero-order valence-corrected chi connectivity index (χ0v) is 12.0. The average molecular weight is 288 g/mol. The van der Waals surface area contributed by atoms with Crippen LogP contribution in [-0.2, 0) is 9.53 Å². The van der Waals surface area contributed by atoms with Crippen LogP contribution in [0.5, 0.6) is 11.5 Å². The first-order valence-electron chi connectivity index (χ1n) is 6.80. The molecule has 0 spiro atoms. The van der Waals surface area contributed by atoms with E-state index >= 15 is 0 Å². The van der Waals surface area contributed by atoms with E-state index < -0.39 is 0 Å². The summed E-state index contributed by atoms with van der Waals surface area (Å²) in [5.41, 5.74) is 0.861. The Hall–Kier alpha value is -2.36. The lowest BCUT2D eigenvalue weighted by Crippen LogP contribution is -2.12. The van der Waals surface area contributed by atoms with Crippen LogP contribution in [0.15, 0.2) is 48.5 Å². The lowest BCUT2D eigenvalue weighted by molar-refractivity contribution is -0.144. The first-order chi connectivity index (χ1) is 10.1. The smallest absolute Gasteiger partial charge is 0.313 e. The molecule has 0 aliphatic rings. The maximum Gasteiger partial charge on any atom is 0.313 e. The van der Waals surface area contributed by atoms with Crippen LogP contribution in [0.2, 0.25) is 0 Å². The van der Waals surface area contributed by atoms with Gasteiger partial charge in [0, 0.05) is 0 Å². The van der Waals surface area contributed by atoms with Crippen molar-refractivity contribution < 1.29 is 18.7 Å². The monoisotopic (exact) mass is 288 g/mol. The SMILES string of the molecule is CCOC(=O)C(C)c1ccc(Oc2ccc(F)cc2)cc1. The summed E-state index contributed by atoms with van der Waals surface area (Å²) in [5, 5.41) is 0. The number of benzene rings is 2. The van der Waals surface area contributed by atoms with E-state index in [2.05, 4.69) is 0 Å².